The molecule has 40 heavy (non-hydrogen) atoms. The summed E-state index contributed by atoms with van der Waals surface area (Å²) in [5.41, 5.74) is 15.5. The number of carbonyl (C=O) groups is 1. The van der Waals surface area contributed by atoms with Crippen molar-refractivity contribution >= 4 is 5.91 Å². The van der Waals surface area contributed by atoms with Gasteiger partial charge in [0.2, 0.25) is 11.4 Å². The topological polar surface area (TPSA) is 33.0 Å². The molecule has 0 saturated heterocycles. The number of hydrogen-bond acceptors (Lipinski definition) is 1. The quantitative estimate of drug-likeness (QED) is 0.251. The molecule has 1 N–H and O–H groups in total. The zero-order valence-corrected chi connectivity index (χ0v) is 22.9. The van der Waals surface area contributed by atoms with Crippen molar-refractivity contribution in [3.05, 3.63) is 137 Å². The molecule has 0 saturated carbocycles. The highest BCUT2D eigenvalue weighted by atomic mass is 16.1. The summed E-state index contributed by atoms with van der Waals surface area (Å²) in [5.74, 6) is -0.0231. The molecule has 0 aliphatic heterocycles. The van der Waals surface area contributed by atoms with E-state index in [1.807, 2.05) is 31.2 Å². The monoisotopic (exact) mass is 521 g/mol. The molecule has 3 heteroatoms. The number of nitrogens with one attached hydrogen (secondary N) is 1. The average molecular weight is 522 g/mol. The number of aryl methyl sites for hydroxylation is 3. The van der Waals surface area contributed by atoms with Crippen LogP contribution in [-0.4, -0.2) is 12.5 Å². The highest BCUT2D eigenvalue weighted by Crippen LogP contribution is 2.44. The second-order valence-corrected chi connectivity index (χ2v) is 11.0. The lowest BCUT2D eigenvalue weighted by Crippen LogP contribution is -2.47. The van der Waals surface area contributed by atoms with Gasteiger partial charge in [-0.2, -0.15) is 4.57 Å². The van der Waals surface area contributed by atoms with Gasteiger partial charge in [-0.1, -0.05) is 84.4 Å². The van der Waals surface area contributed by atoms with E-state index in [0.717, 1.165) is 31.2 Å². The van der Waals surface area contributed by atoms with Crippen molar-refractivity contribution in [2.75, 3.05) is 6.54 Å². The van der Waals surface area contributed by atoms with Gasteiger partial charge in [0.25, 0.3) is 5.91 Å². The van der Waals surface area contributed by atoms with Gasteiger partial charge in [0.15, 0.2) is 6.54 Å². The fourth-order valence-corrected chi connectivity index (χ4v) is 6.68. The summed E-state index contributed by atoms with van der Waals surface area (Å²) >= 11 is 0. The molecule has 0 atom stereocenters. The number of pyridine rings is 1. The van der Waals surface area contributed by atoms with Crippen LogP contribution in [0.1, 0.15) is 38.2 Å². The minimum absolute atomic E-state index is 0.0231. The second-order valence-electron chi connectivity index (χ2n) is 11.0. The molecule has 196 valence electrons. The smallest absolute Gasteiger partial charge is 0.251 e. The number of fused-ring (bicyclic) bond motifs is 6. The Morgan fingerprint density at radius 1 is 0.675 bits per heavy atom. The highest BCUT2D eigenvalue weighted by molar-refractivity contribution is 5.94. The molecule has 7 rings (SSSR count). The van der Waals surface area contributed by atoms with Crippen LogP contribution in [0.2, 0.25) is 0 Å². The van der Waals surface area contributed by atoms with Crippen molar-refractivity contribution < 1.29 is 9.36 Å². The first-order valence-electron chi connectivity index (χ1n) is 14.4. The average Bonchev–Trinajstić information content (AvgIpc) is 3.01. The van der Waals surface area contributed by atoms with E-state index < -0.39 is 0 Å². The summed E-state index contributed by atoms with van der Waals surface area (Å²) < 4.78 is 2.53. The number of benzene rings is 4. The largest absolute Gasteiger partial charge is 0.346 e. The maximum absolute atomic E-state index is 13.0. The van der Waals surface area contributed by atoms with Crippen molar-refractivity contribution in [2.45, 2.75) is 39.2 Å². The van der Waals surface area contributed by atoms with Gasteiger partial charge in [-0.05, 0) is 73.6 Å². The predicted molar refractivity (Wildman–Crippen MR) is 161 cm³/mol. The molecule has 3 nitrogen and oxygen atoms in total. The van der Waals surface area contributed by atoms with Gasteiger partial charge in [0.05, 0.1) is 6.54 Å². The Labute approximate surface area is 236 Å². The third kappa shape index (κ3) is 4.23. The first kappa shape index (κ1) is 24.5. The standard InChI is InChI=1S/C37H32N2O/c1-25-15-17-29(18-16-25)37(40)38-23-24-39-35-30-13-7-5-9-26(30)19-21-32(35)34(28-11-3-2-4-12-28)33-22-20-27-10-6-8-14-31(27)36(33)39/h2-18H,19-24H2,1H3/p+1. The summed E-state index contributed by atoms with van der Waals surface area (Å²) in [5, 5.41) is 3.21. The lowest BCUT2D eigenvalue weighted by atomic mass is 9.77. The molecule has 1 aromatic heterocycles. The van der Waals surface area contributed by atoms with Crippen LogP contribution >= 0.6 is 0 Å². The van der Waals surface area contributed by atoms with Gasteiger partial charge in [-0.25, -0.2) is 0 Å². The maximum Gasteiger partial charge on any atom is 0.251 e. The summed E-state index contributed by atoms with van der Waals surface area (Å²) in [4.78, 5) is 13.0. The van der Waals surface area contributed by atoms with E-state index in [9.17, 15) is 4.79 Å². The normalized spacial score (nSPS) is 13.0. The van der Waals surface area contributed by atoms with Gasteiger partial charge in [-0.15, -0.1) is 0 Å². The number of rotatable bonds is 5. The summed E-state index contributed by atoms with van der Waals surface area (Å²) in [6.45, 7) is 3.31. The van der Waals surface area contributed by atoms with E-state index in [2.05, 4.69) is 88.7 Å². The second kappa shape index (κ2) is 10.2. The molecule has 5 aromatic rings. The van der Waals surface area contributed by atoms with E-state index in [-0.39, 0.29) is 5.91 Å². The molecule has 2 aliphatic carbocycles. The van der Waals surface area contributed by atoms with Crippen molar-refractivity contribution in [3.63, 3.8) is 0 Å². The van der Waals surface area contributed by atoms with Crippen LogP contribution in [0.5, 0.6) is 0 Å². The van der Waals surface area contributed by atoms with Crippen LogP contribution in [0.4, 0.5) is 0 Å². The highest BCUT2D eigenvalue weighted by Gasteiger charge is 2.37. The fourth-order valence-electron chi connectivity index (χ4n) is 6.68. The Morgan fingerprint density at radius 2 is 1.23 bits per heavy atom. The van der Waals surface area contributed by atoms with Gasteiger partial charge in [0.1, 0.15) is 0 Å². The first-order valence-corrected chi connectivity index (χ1v) is 14.4. The third-order valence-corrected chi connectivity index (χ3v) is 8.55. The van der Waals surface area contributed by atoms with E-state index in [1.165, 1.54) is 55.9 Å². The fraction of sp³-hybridized carbons (Fsp3) is 0.189. The Kier molecular flexibility index (Phi) is 6.28. The van der Waals surface area contributed by atoms with Crippen molar-refractivity contribution in [1.29, 1.82) is 0 Å². The number of nitrogens with zero attached hydrogens (tertiary/aromatic N) is 1. The summed E-state index contributed by atoms with van der Waals surface area (Å²) in [6, 6.07) is 36.5. The number of carbonyl (C=O) groups excluding carboxylic acids is 1. The minimum atomic E-state index is -0.0231. The van der Waals surface area contributed by atoms with Gasteiger partial charge < -0.3 is 5.32 Å². The van der Waals surface area contributed by atoms with Crippen LogP contribution < -0.4 is 9.88 Å². The van der Waals surface area contributed by atoms with Crippen molar-refractivity contribution in [3.8, 4) is 33.6 Å². The van der Waals surface area contributed by atoms with Gasteiger partial charge in [0, 0.05) is 33.4 Å². The Bertz CT molecular complexity index is 1660. The predicted octanol–water partition coefficient (Wildman–Crippen LogP) is 6.91. The van der Waals surface area contributed by atoms with Crippen LogP contribution in [0.3, 0.4) is 0 Å². The first-order chi connectivity index (χ1) is 19.7. The Hall–Kier alpha value is -4.50. The molecule has 1 amide bonds. The SMILES string of the molecule is Cc1ccc(C(=O)NCC[n+]2c3c(c(-c4ccccc4)c4c2-c2ccccc2CC4)CCc2ccccc2-3)cc1. The molecule has 0 radical (unpaired) electrons. The molecular formula is C37H33N2O+. The zero-order chi connectivity index (χ0) is 27.1. The summed E-state index contributed by atoms with van der Waals surface area (Å²) in [7, 11) is 0. The number of aromatic nitrogens is 1. The zero-order valence-electron chi connectivity index (χ0n) is 22.9. The number of amides is 1. The third-order valence-electron chi connectivity index (χ3n) is 8.55. The van der Waals surface area contributed by atoms with E-state index in [4.69, 9.17) is 0 Å². The van der Waals surface area contributed by atoms with Crippen molar-refractivity contribution in [2.24, 2.45) is 0 Å². The van der Waals surface area contributed by atoms with Crippen LogP contribution in [0.25, 0.3) is 33.6 Å². The van der Waals surface area contributed by atoms with Crippen LogP contribution in [0, 0.1) is 6.92 Å². The molecule has 4 aromatic carbocycles. The maximum atomic E-state index is 13.0. The molecule has 1 heterocycles. The molecular weight excluding hydrogens is 488 g/mol. The van der Waals surface area contributed by atoms with Crippen LogP contribution in [0.15, 0.2) is 103 Å². The molecule has 0 spiro atoms. The minimum Gasteiger partial charge on any atom is -0.346 e. The van der Waals surface area contributed by atoms with E-state index >= 15 is 0 Å². The molecule has 0 fully saturated rings. The Morgan fingerprint density at radius 3 is 1.82 bits per heavy atom. The van der Waals surface area contributed by atoms with Gasteiger partial charge >= 0.3 is 0 Å². The lowest BCUT2D eigenvalue weighted by molar-refractivity contribution is -0.674. The molecule has 0 unspecified atom stereocenters. The number of hydrogen-bond donors (Lipinski definition) is 1. The lowest BCUT2D eigenvalue weighted by Gasteiger charge is -2.28. The molecule has 2 aliphatic rings. The summed E-state index contributed by atoms with van der Waals surface area (Å²) in [6.07, 6.45) is 4.12. The Balaban J connectivity index is 1.42. The van der Waals surface area contributed by atoms with Crippen LogP contribution in [-0.2, 0) is 32.2 Å². The van der Waals surface area contributed by atoms with E-state index in [1.54, 1.807) is 0 Å². The van der Waals surface area contributed by atoms with Crippen molar-refractivity contribution in [1.82, 2.24) is 5.32 Å². The van der Waals surface area contributed by atoms with E-state index in [0.29, 0.717) is 18.7 Å². The van der Waals surface area contributed by atoms with Gasteiger partial charge in [-0.3, -0.25) is 4.79 Å². The molecule has 0 bridgehead atoms.